The normalized spacial score (nSPS) is 40.0. The van der Waals surface area contributed by atoms with Crippen molar-refractivity contribution in [1.82, 2.24) is 5.32 Å². The molecule has 6 unspecified atom stereocenters. The van der Waals surface area contributed by atoms with Crippen molar-refractivity contribution in [2.24, 2.45) is 28.6 Å². The standard InChI is InChI=1S/C26H37NO8/c1-24-9-6-16(28)12-15(24)4-5-17-18-7-10-26(33,25(18,2)13-19(29)22(17)24)20(30)14-35-23(32)27-11-8-21(31)34-3/h12,17-19,22,29,33H,4-11,13-14H2,1-3H3,(H,27,32)/t17?,18?,19?,22?,24?,25?,26-/m0/s1. The Kier molecular flexibility index (Phi) is 6.87. The summed E-state index contributed by atoms with van der Waals surface area (Å²) in [6, 6.07) is 0. The number of allylic oxidation sites excluding steroid dienone is 1. The molecule has 4 aliphatic carbocycles. The largest absolute Gasteiger partial charge is 0.469 e. The number of rotatable bonds is 6. The maximum Gasteiger partial charge on any atom is 0.407 e. The number of hydrogen-bond acceptors (Lipinski definition) is 8. The van der Waals surface area contributed by atoms with Crippen molar-refractivity contribution in [2.75, 3.05) is 20.3 Å². The number of carbonyl (C=O) groups is 4. The van der Waals surface area contributed by atoms with Gasteiger partial charge < -0.3 is 25.0 Å². The van der Waals surface area contributed by atoms with Gasteiger partial charge in [-0.2, -0.15) is 0 Å². The molecular formula is C26H37NO8. The number of carbonyl (C=O) groups excluding carboxylic acids is 4. The molecule has 3 fully saturated rings. The molecule has 0 radical (unpaired) electrons. The van der Waals surface area contributed by atoms with Gasteiger partial charge in [-0.05, 0) is 67.8 Å². The summed E-state index contributed by atoms with van der Waals surface area (Å²) in [5.74, 6) is -0.710. The van der Waals surface area contributed by atoms with Crippen molar-refractivity contribution in [2.45, 2.75) is 76.9 Å². The van der Waals surface area contributed by atoms with Crippen LogP contribution in [0.1, 0.15) is 65.2 Å². The second-order valence-corrected chi connectivity index (χ2v) is 11.2. The monoisotopic (exact) mass is 491 g/mol. The smallest absolute Gasteiger partial charge is 0.407 e. The highest BCUT2D eigenvalue weighted by Gasteiger charge is 2.68. The van der Waals surface area contributed by atoms with Crippen LogP contribution in [0, 0.1) is 28.6 Å². The van der Waals surface area contributed by atoms with E-state index >= 15 is 0 Å². The number of aliphatic hydroxyl groups is 2. The maximum absolute atomic E-state index is 13.2. The van der Waals surface area contributed by atoms with Crippen LogP contribution in [0.4, 0.5) is 4.79 Å². The Morgan fingerprint density at radius 3 is 2.63 bits per heavy atom. The third kappa shape index (κ3) is 4.20. The summed E-state index contributed by atoms with van der Waals surface area (Å²) >= 11 is 0. The fraction of sp³-hybridized carbons (Fsp3) is 0.769. The first kappa shape index (κ1) is 25.8. The van der Waals surface area contributed by atoms with E-state index in [1.807, 2.05) is 6.92 Å². The zero-order valence-electron chi connectivity index (χ0n) is 20.8. The predicted octanol–water partition coefficient (Wildman–Crippen LogP) is 2.08. The molecule has 1 amide bonds. The molecule has 0 spiro atoms. The van der Waals surface area contributed by atoms with Crippen LogP contribution in [-0.4, -0.2) is 65.8 Å². The zero-order valence-corrected chi connectivity index (χ0v) is 20.8. The van der Waals surface area contributed by atoms with Crippen LogP contribution < -0.4 is 5.32 Å². The number of ketones is 2. The summed E-state index contributed by atoms with van der Waals surface area (Å²) < 4.78 is 9.54. The van der Waals surface area contributed by atoms with Gasteiger partial charge in [-0.3, -0.25) is 14.4 Å². The second-order valence-electron chi connectivity index (χ2n) is 11.2. The molecule has 0 saturated heterocycles. The number of fused-ring (bicyclic) bond motifs is 5. The van der Waals surface area contributed by atoms with Crippen LogP contribution in [0.3, 0.4) is 0 Å². The number of nitrogens with one attached hydrogen (secondary N) is 1. The molecule has 0 heterocycles. The molecule has 0 aromatic rings. The first-order chi connectivity index (χ1) is 16.5. The third-order valence-corrected chi connectivity index (χ3v) is 9.67. The summed E-state index contributed by atoms with van der Waals surface area (Å²) in [6.07, 6.45) is 4.23. The van der Waals surface area contributed by atoms with Gasteiger partial charge in [-0.1, -0.05) is 19.4 Å². The lowest BCUT2D eigenvalue weighted by Crippen LogP contribution is -2.62. The molecule has 4 aliphatic rings. The van der Waals surface area contributed by atoms with Gasteiger partial charge in [-0.15, -0.1) is 0 Å². The molecule has 3 N–H and O–H groups in total. The Balaban J connectivity index is 1.45. The van der Waals surface area contributed by atoms with Crippen molar-refractivity contribution in [3.05, 3.63) is 11.6 Å². The minimum atomic E-state index is -1.70. The van der Waals surface area contributed by atoms with Crippen molar-refractivity contribution in [1.29, 1.82) is 0 Å². The lowest BCUT2D eigenvalue weighted by atomic mass is 9.45. The molecule has 0 aromatic heterocycles. The predicted molar refractivity (Wildman–Crippen MR) is 124 cm³/mol. The topological polar surface area (TPSA) is 139 Å². The summed E-state index contributed by atoms with van der Waals surface area (Å²) in [5, 5.41) is 25.5. The van der Waals surface area contributed by atoms with Crippen molar-refractivity contribution in [3.63, 3.8) is 0 Å². The minimum Gasteiger partial charge on any atom is -0.469 e. The average Bonchev–Trinajstić information content (AvgIpc) is 3.08. The van der Waals surface area contributed by atoms with Gasteiger partial charge in [0.1, 0.15) is 5.60 Å². The van der Waals surface area contributed by atoms with Gasteiger partial charge in [0.05, 0.1) is 19.6 Å². The maximum atomic E-state index is 13.2. The number of esters is 1. The van der Waals surface area contributed by atoms with Gasteiger partial charge in [0.2, 0.25) is 5.78 Å². The lowest BCUT2D eigenvalue weighted by Gasteiger charge is -2.60. The van der Waals surface area contributed by atoms with Gasteiger partial charge in [0.15, 0.2) is 12.4 Å². The molecule has 4 rings (SSSR count). The Labute approximate surface area is 205 Å². The van der Waals surface area contributed by atoms with E-state index < -0.39 is 41.6 Å². The average molecular weight is 492 g/mol. The molecule has 0 aliphatic heterocycles. The Morgan fingerprint density at radius 1 is 1.17 bits per heavy atom. The van der Waals surface area contributed by atoms with Crippen molar-refractivity contribution in [3.8, 4) is 0 Å². The lowest BCUT2D eigenvalue weighted by molar-refractivity contribution is -0.182. The number of aliphatic hydroxyl groups excluding tert-OH is 1. The van der Waals surface area contributed by atoms with Gasteiger partial charge >= 0.3 is 12.1 Å². The highest BCUT2D eigenvalue weighted by Crippen LogP contribution is 2.67. The van der Waals surface area contributed by atoms with Crippen LogP contribution in [0.15, 0.2) is 11.6 Å². The van der Waals surface area contributed by atoms with Crippen LogP contribution in [0.5, 0.6) is 0 Å². The van der Waals surface area contributed by atoms with E-state index in [1.165, 1.54) is 7.11 Å². The van der Waals surface area contributed by atoms with E-state index in [0.717, 1.165) is 24.8 Å². The van der Waals surface area contributed by atoms with E-state index in [2.05, 4.69) is 17.0 Å². The quantitative estimate of drug-likeness (QED) is 0.480. The number of hydrogen-bond donors (Lipinski definition) is 3. The molecule has 3 saturated carbocycles. The van der Waals surface area contributed by atoms with Crippen LogP contribution in [-0.2, 0) is 23.9 Å². The fourth-order valence-corrected chi connectivity index (χ4v) is 7.82. The Hall–Kier alpha value is -2.26. The molecule has 194 valence electrons. The number of amides is 1. The fourth-order valence-electron chi connectivity index (χ4n) is 7.82. The second kappa shape index (κ2) is 9.32. The van der Waals surface area contributed by atoms with Gasteiger partial charge in [0, 0.05) is 18.4 Å². The summed E-state index contributed by atoms with van der Waals surface area (Å²) in [5.41, 5.74) is -1.64. The van der Waals surface area contributed by atoms with Gasteiger partial charge in [-0.25, -0.2) is 4.79 Å². The number of ether oxygens (including phenoxy) is 2. The Morgan fingerprint density at radius 2 is 1.91 bits per heavy atom. The van der Waals surface area contributed by atoms with E-state index in [4.69, 9.17) is 4.74 Å². The molecule has 0 aromatic carbocycles. The van der Waals surface area contributed by atoms with Crippen LogP contribution in [0.2, 0.25) is 0 Å². The van der Waals surface area contributed by atoms with E-state index in [-0.39, 0.29) is 54.8 Å². The Bertz CT molecular complexity index is 946. The first-order valence-corrected chi connectivity index (χ1v) is 12.6. The van der Waals surface area contributed by atoms with Crippen molar-refractivity contribution >= 4 is 23.6 Å². The number of methoxy groups -OCH3 is 1. The van der Waals surface area contributed by atoms with Crippen LogP contribution in [0.25, 0.3) is 0 Å². The van der Waals surface area contributed by atoms with Crippen molar-refractivity contribution < 1.29 is 38.9 Å². The molecular weight excluding hydrogens is 454 g/mol. The molecule has 0 bridgehead atoms. The number of alkyl carbamates (subject to hydrolysis) is 1. The highest BCUT2D eigenvalue weighted by atomic mass is 16.6. The van der Waals surface area contributed by atoms with E-state index in [9.17, 15) is 29.4 Å². The van der Waals surface area contributed by atoms with Gasteiger partial charge in [0.25, 0.3) is 0 Å². The summed E-state index contributed by atoms with van der Waals surface area (Å²) in [4.78, 5) is 48.3. The molecule has 35 heavy (non-hydrogen) atoms. The highest BCUT2D eigenvalue weighted by molar-refractivity contribution is 5.92. The molecule has 7 atom stereocenters. The molecule has 9 heteroatoms. The zero-order chi connectivity index (χ0) is 25.6. The first-order valence-electron chi connectivity index (χ1n) is 12.6. The SMILES string of the molecule is COC(=O)CCNC(=O)OCC(=O)[C@@]1(O)CCC2C3CCC4=CC(=O)CCC4(C)C3C(O)CC21C. The van der Waals surface area contributed by atoms with E-state index in [0.29, 0.717) is 12.8 Å². The van der Waals surface area contributed by atoms with Crippen LogP contribution >= 0.6 is 0 Å². The number of Topliss-reactive ketones (excluding diaryl/α,β-unsaturated/α-hetero) is 1. The summed E-state index contributed by atoms with van der Waals surface area (Å²) in [7, 11) is 1.25. The minimum absolute atomic E-state index is 0.0111. The third-order valence-electron chi connectivity index (χ3n) is 9.67. The van der Waals surface area contributed by atoms with E-state index in [1.54, 1.807) is 6.08 Å². The molecule has 9 nitrogen and oxygen atoms in total. The summed E-state index contributed by atoms with van der Waals surface area (Å²) in [6.45, 7) is 3.48.